The van der Waals surface area contributed by atoms with Gasteiger partial charge in [0.2, 0.25) is 0 Å². The van der Waals surface area contributed by atoms with Gasteiger partial charge < -0.3 is 10.1 Å². The van der Waals surface area contributed by atoms with E-state index < -0.39 is 0 Å². The summed E-state index contributed by atoms with van der Waals surface area (Å²) in [6.07, 6.45) is 0.853. The molecule has 0 atom stereocenters. The minimum atomic E-state index is -0.354. The van der Waals surface area contributed by atoms with E-state index in [2.05, 4.69) is 48.0 Å². The van der Waals surface area contributed by atoms with Crippen LogP contribution in [0, 0.1) is 19.7 Å². The predicted molar refractivity (Wildman–Crippen MR) is 114 cm³/mol. The van der Waals surface area contributed by atoms with E-state index in [0.717, 1.165) is 39.7 Å². The molecule has 6 heteroatoms. The lowest BCUT2D eigenvalue weighted by Crippen LogP contribution is -2.03. The number of rotatable bonds is 5. The number of halogens is 1. The highest BCUT2D eigenvalue weighted by Gasteiger charge is 2.24. The minimum Gasteiger partial charge on any atom is -0.496 e. The lowest BCUT2D eigenvalue weighted by atomic mass is 10.1. The van der Waals surface area contributed by atoms with Crippen LogP contribution in [0.5, 0.6) is 5.75 Å². The number of aromatic nitrogens is 2. The topological polar surface area (TPSA) is 38.6 Å². The standard InChI is InChI=1S/C22H22FN3OS/c1-5-15-12-28-22-25-20(18-16(23)10-7-11-17(18)27-4)21(26(15)22)24-19-13(2)8-6-9-14(19)3/h6-12,24H,5H2,1-4H3. The van der Waals surface area contributed by atoms with Crippen molar-refractivity contribution in [3.05, 3.63) is 64.4 Å². The van der Waals surface area contributed by atoms with Gasteiger partial charge >= 0.3 is 0 Å². The molecule has 0 radical (unpaired) electrons. The van der Waals surface area contributed by atoms with Crippen molar-refractivity contribution < 1.29 is 9.13 Å². The van der Waals surface area contributed by atoms with Crippen LogP contribution in [0.25, 0.3) is 16.2 Å². The summed E-state index contributed by atoms with van der Waals surface area (Å²) in [5.74, 6) is 0.870. The highest BCUT2D eigenvalue weighted by Crippen LogP contribution is 2.40. The third-order valence-electron chi connectivity index (χ3n) is 4.95. The van der Waals surface area contributed by atoms with E-state index in [9.17, 15) is 4.39 Å². The molecule has 4 nitrogen and oxygen atoms in total. The molecular weight excluding hydrogens is 373 g/mol. The fourth-order valence-corrected chi connectivity index (χ4v) is 4.46. The zero-order valence-corrected chi connectivity index (χ0v) is 17.2. The van der Waals surface area contributed by atoms with Gasteiger partial charge in [0.1, 0.15) is 23.1 Å². The van der Waals surface area contributed by atoms with E-state index in [0.29, 0.717) is 17.0 Å². The number of hydrogen-bond acceptors (Lipinski definition) is 4. The molecule has 0 saturated carbocycles. The van der Waals surface area contributed by atoms with E-state index in [1.807, 2.05) is 6.07 Å². The Hall–Kier alpha value is -2.86. The van der Waals surface area contributed by atoms with Gasteiger partial charge in [0.05, 0.1) is 12.7 Å². The number of thiazole rings is 1. The summed E-state index contributed by atoms with van der Waals surface area (Å²) in [5.41, 5.74) is 5.30. The second-order valence-electron chi connectivity index (χ2n) is 6.72. The fourth-order valence-electron chi connectivity index (χ4n) is 3.48. The van der Waals surface area contributed by atoms with Crippen molar-refractivity contribution in [3.8, 4) is 17.0 Å². The molecule has 0 spiro atoms. The van der Waals surface area contributed by atoms with E-state index in [1.165, 1.54) is 6.07 Å². The van der Waals surface area contributed by atoms with Crippen LogP contribution < -0.4 is 10.1 Å². The Morgan fingerprint density at radius 1 is 1.14 bits per heavy atom. The van der Waals surface area contributed by atoms with Gasteiger partial charge in [-0.25, -0.2) is 9.37 Å². The summed E-state index contributed by atoms with van der Waals surface area (Å²) in [7, 11) is 1.55. The summed E-state index contributed by atoms with van der Waals surface area (Å²) in [6.45, 7) is 6.23. The highest BCUT2D eigenvalue weighted by molar-refractivity contribution is 7.15. The van der Waals surface area contributed by atoms with Gasteiger partial charge in [-0.15, -0.1) is 11.3 Å². The highest BCUT2D eigenvalue weighted by atomic mass is 32.1. The van der Waals surface area contributed by atoms with Crippen molar-refractivity contribution in [1.29, 1.82) is 0 Å². The molecule has 0 aliphatic rings. The Labute approximate surface area is 167 Å². The van der Waals surface area contributed by atoms with Crippen LogP contribution in [0.4, 0.5) is 15.9 Å². The van der Waals surface area contributed by atoms with Gasteiger partial charge in [0.15, 0.2) is 4.96 Å². The monoisotopic (exact) mass is 395 g/mol. The zero-order chi connectivity index (χ0) is 19.8. The number of benzene rings is 2. The molecule has 0 aliphatic heterocycles. The predicted octanol–water partition coefficient (Wildman–Crippen LogP) is 6.13. The summed E-state index contributed by atoms with van der Waals surface area (Å²) >= 11 is 1.56. The maximum atomic E-state index is 14.9. The zero-order valence-electron chi connectivity index (χ0n) is 16.3. The Balaban J connectivity index is 2.01. The molecule has 1 N–H and O–H groups in total. The number of fused-ring (bicyclic) bond motifs is 1. The smallest absolute Gasteiger partial charge is 0.196 e. The Kier molecular flexibility index (Phi) is 4.81. The molecule has 4 aromatic rings. The average molecular weight is 396 g/mol. The van der Waals surface area contributed by atoms with Gasteiger partial charge in [-0.1, -0.05) is 31.2 Å². The van der Waals surface area contributed by atoms with Crippen LogP contribution in [-0.2, 0) is 6.42 Å². The van der Waals surface area contributed by atoms with Gasteiger partial charge in [-0.05, 0) is 43.5 Å². The van der Waals surface area contributed by atoms with Crippen LogP contribution in [0.1, 0.15) is 23.7 Å². The summed E-state index contributed by atoms with van der Waals surface area (Å²) in [4.78, 5) is 5.60. The van der Waals surface area contributed by atoms with Gasteiger partial charge in [-0.3, -0.25) is 4.40 Å². The Morgan fingerprint density at radius 2 is 1.86 bits per heavy atom. The maximum Gasteiger partial charge on any atom is 0.196 e. The Morgan fingerprint density at radius 3 is 2.54 bits per heavy atom. The van der Waals surface area contributed by atoms with E-state index in [4.69, 9.17) is 9.72 Å². The third-order valence-corrected chi connectivity index (χ3v) is 5.83. The third kappa shape index (κ3) is 2.94. The first-order chi connectivity index (χ1) is 13.5. The van der Waals surface area contributed by atoms with Crippen molar-refractivity contribution >= 4 is 27.8 Å². The maximum absolute atomic E-state index is 14.9. The molecular formula is C22H22FN3OS. The van der Waals surface area contributed by atoms with Crippen molar-refractivity contribution in [1.82, 2.24) is 9.38 Å². The van der Waals surface area contributed by atoms with E-state index >= 15 is 0 Å². The number of ether oxygens (including phenoxy) is 1. The van der Waals surface area contributed by atoms with Gasteiger partial charge in [-0.2, -0.15) is 0 Å². The first kappa shape index (κ1) is 18.5. The van der Waals surface area contributed by atoms with Crippen LogP contribution in [0.3, 0.4) is 0 Å². The first-order valence-electron chi connectivity index (χ1n) is 9.20. The molecule has 2 aromatic carbocycles. The summed E-state index contributed by atoms with van der Waals surface area (Å²) in [6, 6.07) is 11.0. The molecule has 0 saturated heterocycles. The molecule has 2 heterocycles. The van der Waals surface area contributed by atoms with Crippen molar-refractivity contribution in [2.75, 3.05) is 12.4 Å². The van der Waals surface area contributed by atoms with Crippen LogP contribution in [0.2, 0.25) is 0 Å². The number of methoxy groups -OCH3 is 1. The van der Waals surface area contributed by atoms with Crippen LogP contribution >= 0.6 is 11.3 Å². The molecule has 28 heavy (non-hydrogen) atoms. The van der Waals surface area contributed by atoms with Crippen molar-refractivity contribution in [2.24, 2.45) is 0 Å². The lowest BCUT2D eigenvalue weighted by molar-refractivity contribution is 0.413. The molecule has 144 valence electrons. The quantitative estimate of drug-likeness (QED) is 0.441. The number of nitrogens with one attached hydrogen (secondary N) is 1. The number of hydrogen-bond donors (Lipinski definition) is 1. The number of anilines is 2. The molecule has 0 amide bonds. The molecule has 4 rings (SSSR count). The largest absolute Gasteiger partial charge is 0.496 e. The van der Waals surface area contributed by atoms with E-state index in [-0.39, 0.29) is 5.82 Å². The van der Waals surface area contributed by atoms with Crippen LogP contribution in [-0.4, -0.2) is 16.5 Å². The van der Waals surface area contributed by atoms with Crippen molar-refractivity contribution in [3.63, 3.8) is 0 Å². The molecule has 0 aliphatic carbocycles. The van der Waals surface area contributed by atoms with Gasteiger partial charge in [0.25, 0.3) is 0 Å². The summed E-state index contributed by atoms with van der Waals surface area (Å²) < 4.78 is 22.4. The minimum absolute atomic E-state index is 0.354. The number of imidazole rings is 1. The number of nitrogens with zero attached hydrogens (tertiary/aromatic N) is 2. The molecule has 0 bridgehead atoms. The SMILES string of the molecule is CCc1csc2nc(-c3c(F)cccc3OC)c(Nc3c(C)cccc3C)n12. The fraction of sp³-hybridized carbons (Fsp3) is 0.227. The lowest BCUT2D eigenvalue weighted by Gasteiger charge is -2.15. The van der Waals surface area contributed by atoms with Crippen molar-refractivity contribution in [2.45, 2.75) is 27.2 Å². The molecule has 0 fully saturated rings. The van der Waals surface area contributed by atoms with E-state index in [1.54, 1.807) is 30.6 Å². The number of aryl methyl sites for hydroxylation is 3. The Bertz CT molecular complexity index is 1140. The average Bonchev–Trinajstić information content (AvgIpc) is 3.24. The van der Waals surface area contributed by atoms with Crippen LogP contribution in [0.15, 0.2) is 41.8 Å². The van der Waals surface area contributed by atoms with Gasteiger partial charge in [0, 0.05) is 16.8 Å². The molecule has 2 aromatic heterocycles. The normalized spacial score (nSPS) is 11.2. The molecule has 0 unspecified atom stereocenters. The first-order valence-corrected chi connectivity index (χ1v) is 10.1. The number of para-hydroxylation sites is 1. The summed E-state index contributed by atoms with van der Waals surface area (Å²) in [5, 5.41) is 5.65. The second-order valence-corrected chi connectivity index (χ2v) is 7.55. The second kappa shape index (κ2) is 7.28.